The molecule has 176 valence electrons. The lowest BCUT2D eigenvalue weighted by atomic mass is 9.99. The lowest BCUT2D eigenvalue weighted by molar-refractivity contribution is -0.0426. The molecule has 0 saturated heterocycles. The molecule has 0 aliphatic heterocycles. The Morgan fingerprint density at radius 1 is 0.414 bits per heavy atom. The summed E-state index contributed by atoms with van der Waals surface area (Å²) in [6, 6.07) is 0. The molecule has 0 unspecified atom stereocenters. The van der Waals surface area contributed by atoms with Crippen LogP contribution in [0.4, 0.5) is 0 Å². The first kappa shape index (κ1) is 28.8. The summed E-state index contributed by atoms with van der Waals surface area (Å²) in [4.78, 5) is 0. The Labute approximate surface area is 179 Å². The van der Waals surface area contributed by atoms with Gasteiger partial charge in [-0.15, -0.1) is 0 Å². The van der Waals surface area contributed by atoms with Gasteiger partial charge in [-0.2, -0.15) is 0 Å². The molecule has 0 radical (unpaired) electrons. The SMILES string of the molecule is CC(C)(C)COCCOCCCCOCCCCOCCOCCOC(C)(C)C. The van der Waals surface area contributed by atoms with Crippen molar-refractivity contribution in [2.24, 2.45) is 5.41 Å². The largest absolute Gasteiger partial charge is 0.381 e. The van der Waals surface area contributed by atoms with Crippen molar-refractivity contribution in [1.82, 2.24) is 0 Å². The normalized spacial score (nSPS) is 12.6. The Balaban J connectivity index is 3.07. The molecule has 0 aromatic heterocycles. The average Bonchev–Trinajstić information content (AvgIpc) is 2.61. The first-order valence-corrected chi connectivity index (χ1v) is 11.2. The number of ether oxygens (including phenoxy) is 6. The van der Waals surface area contributed by atoms with Gasteiger partial charge < -0.3 is 28.4 Å². The molecule has 0 rings (SSSR count). The molecule has 6 nitrogen and oxygen atoms in total. The fourth-order valence-corrected chi connectivity index (χ4v) is 2.25. The maximum absolute atomic E-state index is 5.64. The minimum atomic E-state index is -0.100. The Morgan fingerprint density at radius 3 is 1.17 bits per heavy atom. The highest BCUT2D eigenvalue weighted by atomic mass is 16.5. The Morgan fingerprint density at radius 2 is 0.759 bits per heavy atom. The predicted molar refractivity (Wildman–Crippen MR) is 118 cm³/mol. The Hall–Kier alpha value is -0.240. The monoisotopic (exact) mass is 420 g/mol. The van der Waals surface area contributed by atoms with Crippen molar-refractivity contribution in [3.05, 3.63) is 0 Å². The highest BCUT2D eigenvalue weighted by molar-refractivity contribution is 4.59. The van der Waals surface area contributed by atoms with Gasteiger partial charge in [0, 0.05) is 26.4 Å². The molecule has 0 fully saturated rings. The van der Waals surface area contributed by atoms with Crippen LogP contribution in [0, 0.1) is 5.41 Å². The third kappa shape index (κ3) is 27.8. The second kappa shape index (κ2) is 18.5. The third-order valence-corrected chi connectivity index (χ3v) is 3.70. The van der Waals surface area contributed by atoms with Gasteiger partial charge in [0.25, 0.3) is 0 Å². The third-order valence-electron chi connectivity index (χ3n) is 3.70. The number of rotatable bonds is 20. The van der Waals surface area contributed by atoms with Crippen LogP contribution in [-0.2, 0) is 28.4 Å². The van der Waals surface area contributed by atoms with E-state index in [0.29, 0.717) is 39.6 Å². The van der Waals surface area contributed by atoms with E-state index in [1.165, 1.54) is 0 Å². The molecular weight excluding hydrogens is 372 g/mol. The van der Waals surface area contributed by atoms with Gasteiger partial charge in [0.15, 0.2) is 0 Å². The molecule has 0 heterocycles. The van der Waals surface area contributed by atoms with Crippen molar-refractivity contribution < 1.29 is 28.4 Å². The van der Waals surface area contributed by atoms with E-state index in [9.17, 15) is 0 Å². The predicted octanol–water partition coefficient (Wildman–Crippen LogP) is 4.49. The zero-order chi connectivity index (χ0) is 21.8. The highest BCUT2D eigenvalue weighted by Gasteiger charge is 2.09. The first-order chi connectivity index (χ1) is 13.7. The van der Waals surface area contributed by atoms with Crippen LogP contribution in [-0.4, -0.2) is 78.3 Å². The van der Waals surface area contributed by atoms with Crippen molar-refractivity contribution in [1.29, 1.82) is 0 Å². The van der Waals surface area contributed by atoms with Gasteiger partial charge in [-0.1, -0.05) is 20.8 Å². The summed E-state index contributed by atoms with van der Waals surface area (Å²) in [5.74, 6) is 0. The molecular formula is C23H48O6. The number of unbranched alkanes of at least 4 members (excludes halogenated alkanes) is 2. The summed E-state index contributed by atoms with van der Waals surface area (Å²) < 4.78 is 33.4. The Bertz CT molecular complexity index is 303. The fraction of sp³-hybridized carbons (Fsp3) is 1.00. The van der Waals surface area contributed by atoms with Crippen molar-refractivity contribution in [3.8, 4) is 0 Å². The second-order valence-corrected chi connectivity index (χ2v) is 9.44. The fourth-order valence-electron chi connectivity index (χ4n) is 2.25. The van der Waals surface area contributed by atoms with Gasteiger partial charge >= 0.3 is 0 Å². The van der Waals surface area contributed by atoms with Gasteiger partial charge in [-0.25, -0.2) is 0 Å². The summed E-state index contributed by atoms with van der Waals surface area (Å²) in [5, 5.41) is 0. The minimum absolute atomic E-state index is 0.100. The van der Waals surface area contributed by atoms with Gasteiger partial charge in [0.1, 0.15) is 0 Å². The molecule has 0 bridgehead atoms. The topological polar surface area (TPSA) is 55.4 Å². The van der Waals surface area contributed by atoms with Crippen molar-refractivity contribution >= 4 is 0 Å². The molecule has 0 aromatic carbocycles. The molecule has 29 heavy (non-hydrogen) atoms. The standard InChI is InChI=1S/C23H48O6/c1-22(2,3)21-28-18-17-26-14-10-8-12-24-11-7-9-13-25-15-16-27-19-20-29-23(4,5)6/h7-21H2,1-6H3. The molecule has 0 atom stereocenters. The smallest absolute Gasteiger partial charge is 0.0707 e. The van der Waals surface area contributed by atoms with E-state index in [2.05, 4.69) is 20.8 Å². The van der Waals surface area contributed by atoms with Crippen LogP contribution in [0.15, 0.2) is 0 Å². The van der Waals surface area contributed by atoms with Crippen molar-refractivity contribution in [2.45, 2.75) is 72.8 Å². The van der Waals surface area contributed by atoms with Gasteiger partial charge in [0.2, 0.25) is 0 Å². The molecule has 0 N–H and O–H groups in total. The first-order valence-electron chi connectivity index (χ1n) is 11.2. The summed E-state index contributed by atoms with van der Waals surface area (Å²) >= 11 is 0. The summed E-state index contributed by atoms with van der Waals surface area (Å²) in [5.41, 5.74) is 0.121. The van der Waals surface area contributed by atoms with E-state index in [-0.39, 0.29) is 11.0 Å². The summed E-state index contributed by atoms with van der Waals surface area (Å²) in [6.45, 7) is 20.4. The highest BCUT2D eigenvalue weighted by Crippen LogP contribution is 2.12. The van der Waals surface area contributed by atoms with E-state index >= 15 is 0 Å². The lowest BCUT2D eigenvalue weighted by Gasteiger charge is -2.19. The zero-order valence-electron chi connectivity index (χ0n) is 20.1. The van der Waals surface area contributed by atoms with E-state index in [0.717, 1.165) is 58.7 Å². The molecule has 0 aromatic rings. The van der Waals surface area contributed by atoms with Crippen LogP contribution in [0.1, 0.15) is 67.2 Å². The molecule has 0 aliphatic carbocycles. The molecule has 6 heteroatoms. The van der Waals surface area contributed by atoms with E-state index in [1.807, 2.05) is 20.8 Å². The van der Waals surface area contributed by atoms with Crippen LogP contribution < -0.4 is 0 Å². The minimum Gasteiger partial charge on any atom is -0.381 e. The molecule has 0 amide bonds. The number of hydrogen-bond donors (Lipinski definition) is 0. The van der Waals surface area contributed by atoms with Crippen LogP contribution in [0.25, 0.3) is 0 Å². The van der Waals surface area contributed by atoms with Crippen LogP contribution in [0.3, 0.4) is 0 Å². The lowest BCUT2D eigenvalue weighted by Crippen LogP contribution is -2.22. The molecule has 0 aliphatic rings. The quantitative estimate of drug-likeness (QED) is 0.271. The van der Waals surface area contributed by atoms with Crippen LogP contribution >= 0.6 is 0 Å². The van der Waals surface area contributed by atoms with E-state index < -0.39 is 0 Å². The average molecular weight is 421 g/mol. The van der Waals surface area contributed by atoms with E-state index in [4.69, 9.17) is 28.4 Å². The maximum Gasteiger partial charge on any atom is 0.0707 e. The van der Waals surface area contributed by atoms with Crippen molar-refractivity contribution in [3.63, 3.8) is 0 Å². The zero-order valence-corrected chi connectivity index (χ0v) is 20.1. The van der Waals surface area contributed by atoms with Crippen molar-refractivity contribution in [2.75, 3.05) is 72.7 Å². The Kier molecular flexibility index (Phi) is 18.4. The second-order valence-electron chi connectivity index (χ2n) is 9.44. The van der Waals surface area contributed by atoms with Gasteiger partial charge in [-0.3, -0.25) is 0 Å². The number of hydrogen-bond acceptors (Lipinski definition) is 6. The van der Waals surface area contributed by atoms with E-state index in [1.54, 1.807) is 0 Å². The molecule has 0 spiro atoms. The van der Waals surface area contributed by atoms with Crippen LogP contribution in [0.2, 0.25) is 0 Å². The maximum atomic E-state index is 5.64. The molecule has 0 saturated carbocycles. The summed E-state index contributed by atoms with van der Waals surface area (Å²) in [6.07, 6.45) is 4.12. The summed E-state index contributed by atoms with van der Waals surface area (Å²) in [7, 11) is 0. The van der Waals surface area contributed by atoms with Crippen LogP contribution in [0.5, 0.6) is 0 Å². The van der Waals surface area contributed by atoms with Gasteiger partial charge in [0.05, 0.1) is 51.8 Å². The van der Waals surface area contributed by atoms with Gasteiger partial charge in [-0.05, 0) is 51.9 Å².